The predicted octanol–water partition coefficient (Wildman–Crippen LogP) is 1.35. The minimum absolute atomic E-state index is 0.819. The van der Waals surface area contributed by atoms with Crippen molar-refractivity contribution in [2.45, 2.75) is 12.8 Å². The van der Waals surface area contributed by atoms with Crippen molar-refractivity contribution < 1.29 is 4.74 Å². The van der Waals surface area contributed by atoms with Crippen LogP contribution < -0.4 is 0 Å². The Morgan fingerprint density at radius 2 is 2.29 bits per heavy atom. The van der Waals surface area contributed by atoms with E-state index in [0.29, 0.717) is 0 Å². The Balaban J connectivity index is 2.20. The zero-order valence-electron chi connectivity index (χ0n) is 4.39. The molecule has 0 aromatic carbocycles. The fourth-order valence-electron chi connectivity index (χ4n) is 0.641. The molecule has 0 aromatic rings. The van der Waals surface area contributed by atoms with Crippen LogP contribution in [0.25, 0.3) is 0 Å². The molecule has 0 saturated heterocycles. The standard InChI is InChI=1S/C6H10O/c1-2-4-6-7-5-3-1/h1,3H,2,4-6H2. The normalized spacial score (nSPS) is 21.7. The van der Waals surface area contributed by atoms with Gasteiger partial charge in [0, 0.05) is 6.61 Å². The number of ether oxygens (including phenoxy) is 1. The molecular formula is C6H10O. The van der Waals surface area contributed by atoms with Gasteiger partial charge in [-0.1, -0.05) is 12.2 Å². The van der Waals surface area contributed by atoms with Crippen LogP contribution in [0.2, 0.25) is 0 Å². The van der Waals surface area contributed by atoms with Crippen molar-refractivity contribution in [2.24, 2.45) is 0 Å². The van der Waals surface area contributed by atoms with Gasteiger partial charge < -0.3 is 4.74 Å². The second kappa shape index (κ2) is 2.80. The molecule has 1 rings (SSSR count). The molecule has 0 amide bonds. The molecule has 0 spiro atoms. The van der Waals surface area contributed by atoms with Crippen LogP contribution >= 0.6 is 0 Å². The molecule has 40 valence electrons. The average molecular weight is 98.1 g/mol. The smallest absolute Gasteiger partial charge is 0.0647 e. The van der Waals surface area contributed by atoms with Crippen molar-refractivity contribution in [1.82, 2.24) is 0 Å². The van der Waals surface area contributed by atoms with E-state index in [0.717, 1.165) is 13.2 Å². The van der Waals surface area contributed by atoms with Gasteiger partial charge in [0.25, 0.3) is 0 Å². The van der Waals surface area contributed by atoms with Gasteiger partial charge in [-0.15, -0.1) is 0 Å². The lowest BCUT2D eigenvalue weighted by Crippen LogP contribution is -1.88. The van der Waals surface area contributed by atoms with E-state index in [4.69, 9.17) is 4.74 Å². The van der Waals surface area contributed by atoms with Gasteiger partial charge in [0.1, 0.15) is 0 Å². The molecule has 1 aliphatic heterocycles. The van der Waals surface area contributed by atoms with E-state index in [-0.39, 0.29) is 0 Å². The molecule has 0 aromatic heterocycles. The molecule has 0 atom stereocenters. The molecule has 0 N–H and O–H groups in total. The quantitative estimate of drug-likeness (QED) is 0.415. The molecule has 0 saturated carbocycles. The minimum atomic E-state index is 0.819. The Kier molecular flexibility index (Phi) is 1.94. The maximum Gasteiger partial charge on any atom is 0.0647 e. The second-order valence-electron chi connectivity index (χ2n) is 1.69. The lowest BCUT2D eigenvalue weighted by atomic mass is 10.3. The molecule has 1 heterocycles. The SMILES string of the molecule is C1=CCOCCC1. The lowest BCUT2D eigenvalue weighted by molar-refractivity contribution is 0.165. The van der Waals surface area contributed by atoms with Gasteiger partial charge in [0.15, 0.2) is 0 Å². The first-order chi connectivity index (χ1) is 3.50. The first-order valence-corrected chi connectivity index (χ1v) is 2.73. The molecule has 0 radical (unpaired) electrons. The van der Waals surface area contributed by atoms with E-state index < -0.39 is 0 Å². The van der Waals surface area contributed by atoms with Crippen molar-refractivity contribution in [1.29, 1.82) is 0 Å². The monoisotopic (exact) mass is 98.1 g/mol. The Morgan fingerprint density at radius 1 is 1.29 bits per heavy atom. The Labute approximate surface area is 44.0 Å². The van der Waals surface area contributed by atoms with E-state index in [1.807, 2.05) is 0 Å². The highest BCUT2D eigenvalue weighted by Crippen LogP contribution is 1.96. The molecular weight excluding hydrogens is 88.1 g/mol. The number of allylic oxidation sites excluding steroid dienone is 1. The average Bonchev–Trinajstić information content (AvgIpc) is 1.90. The highest BCUT2D eigenvalue weighted by molar-refractivity contribution is 4.82. The van der Waals surface area contributed by atoms with E-state index in [2.05, 4.69) is 12.2 Å². The Morgan fingerprint density at radius 3 is 3.29 bits per heavy atom. The van der Waals surface area contributed by atoms with Crippen molar-refractivity contribution in [3.63, 3.8) is 0 Å². The molecule has 0 unspecified atom stereocenters. The van der Waals surface area contributed by atoms with Crippen molar-refractivity contribution in [3.8, 4) is 0 Å². The second-order valence-corrected chi connectivity index (χ2v) is 1.69. The molecule has 1 nitrogen and oxygen atoms in total. The highest BCUT2D eigenvalue weighted by Gasteiger charge is 1.87. The zero-order valence-corrected chi connectivity index (χ0v) is 4.39. The number of rotatable bonds is 0. The summed E-state index contributed by atoms with van der Waals surface area (Å²) in [6.07, 6.45) is 6.64. The summed E-state index contributed by atoms with van der Waals surface area (Å²) in [6, 6.07) is 0. The summed E-state index contributed by atoms with van der Waals surface area (Å²) in [5, 5.41) is 0. The molecule has 7 heavy (non-hydrogen) atoms. The fourth-order valence-corrected chi connectivity index (χ4v) is 0.641. The van der Waals surface area contributed by atoms with Crippen LogP contribution in [0.3, 0.4) is 0 Å². The molecule has 1 aliphatic rings. The van der Waals surface area contributed by atoms with E-state index >= 15 is 0 Å². The van der Waals surface area contributed by atoms with Crippen LogP contribution in [0.4, 0.5) is 0 Å². The predicted molar refractivity (Wildman–Crippen MR) is 29.2 cm³/mol. The third kappa shape index (κ3) is 1.74. The maximum absolute atomic E-state index is 5.11. The van der Waals surface area contributed by atoms with Crippen molar-refractivity contribution in [2.75, 3.05) is 13.2 Å². The van der Waals surface area contributed by atoms with Crippen LogP contribution in [0.5, 0.6) is 0 Å². The van der Waals surface area contributed by atoms with E-state index in [1.165, 1.54) is 12.8 Å². The lowest BCUT2D eigenvalue weighted by Gasteiger charge is -1.91. The summed E-state index contributed by atoms with van der Waals surface area (Å²) in [6.45, 7) is 1.76. The van der Waals surface area contributed by atoms with Crippen LogP contribution in [0.15, 0.2) is 12.2 Å². The van der Waals surface area contributed by atoms with Crippen molar-refractivity contribution in [3.05, 3.63) is 12.2 Å². The van der Waals surface area contributed by atoms with Gasteiger partial charge in [0.2, 0.25) is 0 Å². The van der Waals surface area contributed by atoms with Gasteiger partial charge in [0.05, 0.1) is 6.61 Å². The molecule has 0 aliphatic carbocycles. The van der Waals surface area contributed by atoms with Gasteiger partial charge >= 0.3 is 0 Å². The highest BCUT2D eigenvalue weighted by atomic mass is 16.5. The molecule has 0 fully saturated rings. The van der Waals surface area contributed by atoms with Gasteiger partial charge in [-0.25, -0.2) is 0 Å². The summed E-state index contributed by atoms with van der Waals surface area (Å²) < 4.78 is 5.11. The van der Waals surface area contributed by atoms with Crippen LogP contribution in [0, 0.1) is 0 Å². The summed E-state index contributed by atoms with van der Waals surface area (Å²) in [5.41, 5.74) is 0. The topological polar surface area (TPSA) is 9.23 Å². The summed E-state index contributed by atoms with van der Waals surface area (Å²) in [4.78, 5) is 0. The Bertz CT molecular complexity index is 58.6. The Hall–Kier alpha value is -0.300. The number of hydrogen-bond donors (Lipinski definition) is 0. The molecule has 1 heteroatoms. The van der Waals surface area contributed by atoms with E-state index in [9.17, 15) is 0 Å². The third-order valence-electron chi connectivity index (χ3n) is 1.04. The van der Waals surface area contributed by atoms with Crippen LogP contribution in [0.1, 0.15) is 12.8 Å². The van der Waals surface area contributed by atoms with Gasteiger partial charge in [-0.05, 0) is 12.8 Å². The van der Waals surface area contributed by atoms with Crippen LogP contribution in [-0.4, -0.2) is 13.2 Å². The first-order valence-electron chi connectivity index (χ1n) is 2.73. The summed E-state index contributed by atoms with van der Waals surface area (Å²) in [7, 11) is 0. The van der Waals surface area contributed by atoms with E-state index in [1.54, 1.807) is 0 Å². The zero-order chi connectivity index (χ0) is 4.95. The minimum Gasteiger partial charge on any atom is -0.377 e. The molecule has 0 bridgehead atoms. The third-order valence-corrected chi connectivity index (χ3v) is 1.04. The van der Waals surface area contributed by atoms with Gasteiger partial charge in [-0.3, -0.25) is 0 Å². The summed E-state index contributed by atoms with van der Waals surface area (Å²) in [5.74, 6) is 0. The van der Waals surface area contributed by atoms with Crippen molar-refractivity contribution >= 4 is 0 Å². The fraction of sp³-hybridized carbons (Fsp3) is 0.667. The first kappa shape index (κ1) is 4.85. The van der Waals surface area contributed by atoms with Gasteiger partial charge in [-0.2, -0.15) is 0 Å². The number of hydrogen-bond acceptors (Lipinski definition) is 1. The van der Waals surface area contributed by atoms with Crippen LogP contribution in [-0.2, 0) is 4.74 Å². The summed E-state index contributed by atoms with van der Waals surface area (Å²) >= 11 is 0. The largest absolute Gasteiger partial charge is 0.377 e. The maximum atomic E-state index is 5.11.